The topological polar surface area (TPSA) is 71.1 Å². The molecule has 0 saturated heterocycles. The number of esters is 2. The zero-order chi connectivity index (χ0) is 34.5. The molecule has 7 heteroatoms. The lowest BCUT2D eigenvalue weighted by Gasteiger charge is -2.46. The van der Waals surface area contributed by atoms with Gasteiger partial charge in [-0.15, -0.1) is 0 Å². The highest BCUT2D eigenvalue weighted by Gasteiger charge is 2.55. The summed E-state index contributed by atoms with van der Waals surface area (Å²) in [5.74, 6) is -1.60. The molecule has 1 rings (SSSR count). The Hall–Kier alpha value is -1.96. The van der Waals surface area contributed by atoms with E-state index in [1.165, 1.54) is 77.7 Å². The van der Waals surface area contributed by atoms with Crippen molar-refractivity contribution in [1.82, 2.24) is 0 Å². The minimum atomic E-state index is -2.59. The van der Waals surface area contributed by atoms with Gasteiger partial charge in [0.1, 0.15) is 0 Å². The molecule has 0 bridgehead atoms. The Kier molecular flexibility index (Phi) is 20.6. The molecule has 0 aliphatic carbocycles. The minimum absolute atomic E-state index is 0.197. The highest BCUT2D eigenvalue weighted by molar-refractivity contribution is 6.74. The molecule has 264 valence electrons. The summed E-state index contributed by atoms with van der Waals surface area (Å²) in [4.78, 5) is 27.1. The smallest absolute Gasteiger partial charge is 0.338 e. The molecule has 1 aromatic carbocycles. The van der Waals surface area contributed by atoms with E-state index in [-0.39, 0.29) is 24.2 Å². The van der Waals surface area contributed by atoms with E-state index in [9.17, 15) is 9.59 Å². The van der Waals surface area contributed by atoms with Gasteiger partial charge in [-0.25, -0.2) is 4.79 Å². The van der Waals surface area contributed by atoms with E-state index in [0.29, 0.717) is 6.61 Å². The van der Waals surface area contributed by atoms with E-state index in [1.807, 2.05) is 50.3 Å². The summed E-state index contributed by atoms with van der Waals surface area (Å²) in [7, 11) is -1.24. The summed E-state index contributed by atoms with van der Waals surface area (Å²) in [6.45, 7) is 17.1. The standard InChI is InChI=1S/C39H68O6Si/c1-10-11-12-13-14-15-16-17-18-19-20-21-22-26-29-35(32-43-31-34-27-24-23-25-28-34)39(30-36(40)42-7,37(41)44-33(2)3)45-46(8,9)38(4,5)6/h23-29,33,35H,10-22,30-32H2,1-9H3/b29-26+/t35-,39+/m0/s1. The summed E-state index contributed by atoms with van der Waals surface area (Å²) in [6.07, 6.45) is 20.1. The Labute approximate surface area is 283 Å². The van der Waals surface area contributed by atoms with E-state index < -0.39 is 31.8 Å². The maximum absolute atomic E-state index is 14.1. The summed E-state index contributed by atoms with van der Waals surface area (Å²) in [5.41, 5.74) is -0.542. The van der Waals surface area contributed by atoms with Crippen molar-refractivity contribution >= 4 is 20.3 Å². The third-order valence-electron chi connectivity index (χ3n) is 9.17. The van der Waals surface area contributed by atoms with E-state index in [4.69, 9.17) is 18.6 Å². The first-order valence-corrected chi connectivity index (χ1v) is 21.0. The molecule has 1 aromatic rings. The molecular weight excluding hydrogens is 593 g/mol. The van der Waals surface area contributed by atoms with Gasteiger partial charge in [-0.1, -0.05) is 141 Å². The van der Waals surface area contributed by atoms with Gasteiger partial charge in [0.15, 0.2) is 13.9 Å². The predicted molar refractivity (Wildman–Crippen MR) is 193 cm³/mol. The van der Waals surface area contributed by atoms with Crippen molar-refractivity contribution in [3.63, 3.8) is 0 Å². The molecule has 2 atom stereocenters. The molecule has 0 radical (unpaired) electrons. The van der Waals surface area contributed by atoms with Crippen molar-refractivity contribution in [3.8, 4) is 0 Å². The molecule has 0 unspecified atom stereocenters. The van der Waals surface area contributed by atoms with Gasteiger partial charge in [-0.2, -0.15) is 0 Å². The molecule has 0 heterocycles. The summed E-state index contributed by atoms with van der Waals surface area (Å²) >= 11 is 0. The van der Waals surface area contributed by atoms with Crippen LogP contribution in [0.5, 0.6) is 0 Å². The van der Waals surface area contributed by atoms with Gasteiger partial charge in [0, 0.05) is 5.92 Å². The Morgan fingerprint density at radius 2 is 1.39 bits per heavy atom. The monoisotopic (exact) mass is 660 g/mol. The van der Waals surface area contributed by atoms with Gasteiger partial charge in [0.05, 0.1) is 32.8 Å². The highest BCUT2D eigenvalue weighted by Crippen LogP contribution is 2.43. The van der Waals surface area contributed by atoms with Gasteiger partial charge in [0.25, 0.3) is 0 Å². The fourth-order valence-electron chi connectivity index (χ4n) is 5.30. The number of hydrogen-bond acceptors (Lipinski definition) is 6. The van der Waals surface area contributed by atoms with Crippen LogP contribution < -0.4 is 0 Å². The first kappa shape index (κ1) is 42.1. The van der Waals surface area contributed by atoms with Crippen molar-refractivity contribution in [1.29, 1.82) is 0 Å². The molecule has 0 saturated carbocycles. The van der Waals surface area contributed by atoms with Crippen LogP contribution in [0.4, 0.5) is 0 Å². The van der Waals surface area contributed by atoms with Gasteiger partial charge >= 0.3 is 11.9 Å². The van der Waals surface area contributed by atoms with Crippen LogP contribution >= 0.6 is 0 Å². The normalized spacial score (nSPS) is 14.4. The molecular formula is C39H68O6Si. The van der Waals surface area contributed by atoms with Crippen LogP contribution in [-0.4, -0.2) is 45.7 Å². The Morgan fingerprint density at radius 1 is 0.848 bits per heavy atom. The second-order valence-corrected chi connectivity index (χ2v) is 19.4. The largest absolute Gasteiger partial charge is 0.469 e. The number of rotatable bonds is 25. The third kappa shape index (κ3) is 16.2. The maximum Gasteiger partial charge on any atom is 0.338 e. The van der Waals surface area contributed by atoms with Crippen molar-refractivity contribution in [2.24, 2.45) is 5.92 Å². The van der Waals surface area contributed by atoms with Gasteiger partial charge in [0.2, 0.25) is 0 Å². The number of carbonyl (C=O) groups excluding carboxylic acids is 2. The zero-order valence-electron chi connectivity index (χ0n) is 31.0. The lowest BCUT2D eigenvalue weighted by atomic mass is 9.84. The van der Waals surface area contributed by atoms with Crippen molar-refractivity contribution in [2.45, 2.75) is 168 Å². The van der Waals surface area contributed by atoms with Crippen LogP contribution in [0.1, 0.15) is 137 Å². The minimum Gasteiger partial charge on any atom is -0.469 e. The molecule has 46 heavy (non-hydrogen) atoms. The van der Waals surface area contributed by atoms with Crippen molar-refractivity contribution < 1.29 is 28.2 Å². The highest BCUT2D eigenvalue weighted by atomic mass is 28.4. The van der Waals surface area contributed by atoms with Crippen LogP contribution in [0.3, 0.4) is 0 Å². The Bertz CT molecular complexity index is 984. The number of unbranched alkanes of at least 4 members (excludes halogenated alkanes) is 12. The SMILES string of the molecule is CCCCCCCCCCCCCC/C=C/[C@@H](COCc1ccccc1)[C@@](CC(=O)OC)(O[Si](C)(C)C(C)(C)C)C(=O)OC(C)C. The zero-order valence-corrected chi connectivity index (χ0v) is 32.0. The predicted octanol–water partition coefficient (Wildman–Crippen LogP) is 10.7. The number of allylic oxidation sites excluding steroid dienone is 1. The molecule has 0 N–H and O–H groups in total. The van der Waals surface area contributed by atoms with Crippen LogP contribution in [0.15, 0.2) is 42.5 Å². The number of methoxy groups -OCH3 is 1. The number of benzene rings is 1. The lowest BCUT2D eigenvalue weighted by Crippen LogP contribution is -2.59. The van der Waals surface area contributed by atoms with Gasteiger partial charge < -0.3 is 18.6 Å². The average molecular weight is 661 g/mol. The van der Waals surface area contributed by atoms with E-state index in [1.54, 1.807) is 0 Å². The average Bonchev–Trinajstić information content (AvgIpc) is 2.99. The van der Waals surface area contributed by atoms with Gasteiger partial charge in [-0.3, -0.25) is 4.79 Å². The second kappa shape index (κ2) is 22.6. The fraction of sp³-hybridized carbons (Fsp3) is 0.744. The van der Waals surface area contributed by atoms with Crippen LogP contribution in [0.2, 0.25) is 18.1 Å². The molecule has 0 aliphatic heterocycles. The second-order valence-electron chi connectivity index (χ2n) is 14.7. The molecule has 0 fully saturated rings. The molecule has 0 spiro atoms. The number of hydrogen-bond donors (Lipinski definition) is 0. The van der Waals surface area contributed by atoms with Crippen molar-refractivity contribution in [3.05, 3.63) is 48.0 Å². The molecule has 0 amide bonds. The maximum atomic E-state index is 14.1. The first-order valence-electron chi connectivity index (χ1n) is 18.1. The summed E-state index contributed by atoms with van der Waals surface area (Å²) < 4.78 is 24.2. The van der Waals surface area contributed by atoms with E-state index in [0.717, 1.165) is 18.4 Å². The Balaban J connectivity index is 3.11. The van der Waals surface area contributed by atoms with Crippen molar-refractivity contribution in [2.75, 3.05) is 13.7 Å². The summed E-state index contributed by atoms with van der Waals surface area (Å²) in [5, 5.41) is -0.208. The summed E-state index contributed by atoms with van der Waals surface area (Å²) in [6, 6.07) is 9.96. The number of carbonyl (C=O) groups is 2. The van der Waals surface area contributed by atoms with E-state index >= 15 is 0 Å². The molecule has 0 aromatic heterocycles. The quantitative estimate of drug-likeness (QED) is 0.0450. The lowest BCUT2D eigenvalue weighted by molar-refractivity contribution is -0.179. The van der Waals surface area contributed by atoms with Crippen LogP contribution in [-0.2, 0) is 34.8 Å². The fourth-order valence-corrected chi connectivity index (χ4v) is 6.83. The number of ether oxygens (including phenoxy) is 3. The Morgan fingerprint density at radius 3 is 1.89 bits per heavy atom. The van der Waals surface area contributed by atoms with Crippen LogP contribution in [0.25, 0.3) is 0 Å². The molecule has 6 nitrogen and oxygen atoms in total. The van der Waals surface area contributed by atoms with Gasteiger partial charge in [-0.05, 0) is 50.4 Å². The third-order valence-corrected chi connectivity index (χ3v) is 13.7. The first-order chi connectivity index (χ1) is 21.8. The molecule has 0 aliphatic rings. The van der Waals surface area contributed by atoms with Crippen LogP contribution in [0, 0.1) is 5.92 Å². The van der Waals surface area contributed by atoms with E-state index in [2.05, 4.69) is 46.9 Å².